The zero-order valence-corrected chi connectivity index (χ0v) is 15.4. The van der Waals surface area contributed by atoms with Crippen LogP contribution in [0.4, 0.5) is 5.69 Å². The van der Waals surface area contributed by atoms with Crippen LogP contribution >= 0.6 is 35.4 Å². The van der Waals surface area contributed by atoms with Crippen LogP contribution in [0.2, 0.25) is 10.0 Å². The van der Waals surface area contributed by atoms with Gasteiger partial charge in [0.15, 0.2) is 5.11 Å². The Morgan fingerprint density at radius 1 is 1.09 bits per heavy atom. The molecule has 120 valence electrons. The van der Waals surface area contributed by atoms with Gasteiger partial charge in [0.2, 0.25) is 0 Å². The van der Waals surface area contributed by atoms with E-state index < -0.39 is 0 Å². The lowest BCUT2D eigenvalue weighted by molar-refractivity contribution is 1.04. The molecule has 0 spiro atoms. The van der Waals surface area contributed by atoms with Crippen LogP contribution in [0.15, 0.2) is 41.5 Å². The van der Waals surface area contributed by atoms with Crippen LogP contribution in [0.1, 0.15) is 23.6 Å². The number of rotatable bonds is 3. The minimum absolute atomic E-state index is 0.429. The van der Waals surface area contributed by atoms with Crippen molar-refractivity contribution in [3.63, 3.8) is 0 Å². The Morgan fingerprint density at radius 3 is 2.52 bits per heavy atom. The number of hydrogen-bond acceptors (Lipinski definition) is 2. The summed E-state index contributed by atoms with van der Waals surface area (Å²) in [4.78, 5) is 0. The van der Waals surface area contributed by atoms with Crippen molar-refractivity contribution in [2.75, 3.05) is 5.32 Å². The molecule has 0 bridgehead atoms. The van der Waals surface area contributed by atoms with E-state index in [0.717, 1.165) is 22.5 Å². The van der Waals surface area contributed by atoms with Gasteiger partial charge in [-0.2, -0.15) is 5.10 Å². The number of thiocarbonyl (C=S) groups is 1. The predicted octanol–water partition coefficient (Wildman–Crippen LogP) is 5.32. The SMILES string of the molecule is C/C(=N/NC(=S)Nc1cccc(C)c1C)c1ccc(Cl)c(Cl)c1. The topological polar surface area (TPSA) is 36.4 Å². The molecule has 0 radical (unpaired) electrons. The molecule has 2 N–H and O–H groups in total. The number of hydrogen-bond donors (Lipinski definition) is 2. The molecule has 0 aromatic heterocycles. The van der Waals surface area contributed by atoms with Crippen LogP contribution in [0.5, 0.6) is 0 Å². The molecule has 0 saturated heterocycles. The summed E-state index contributed by atoms with van der Waals surface area (Å²) in [6.07, 6.45) is 0. The second-order valence-electron chi connectivity index (χ2n) is 5.14. The van der Waals surface area contributed by atoms with Gasteiger partial charge in [-0.15, -0.1) is 0 Å². The summed E-state index contributed by atoms with van der Waals surface area (Å²) in [5.74, 6) is 0. The van der Waals surface area contributed by atoms with Crippen molar-refractivity contribution in [3.05, 3.63) is 63.1 Å². The minimum Gasteiger partial charge on any atom is -0.331 e. The van der Waals surface area contributed by atoms with E-state index in [9.17, 15) is 0 Å². The largest absolute Gasteiger partial charge is 0.331 e. The van der Waals surface area contributed by atoms with Gasteiger partial charge in [0, 0.05) is 5.69 Å². The Kier molecular flexibility index (Phi) is 5.99. The van der Waals surface area contributed by atoms with Crippen molar-refractivity contribution >= 4 is 51.9 Å². The molecule has 0 amide bonds. The second kappa shape index (κ2) is 7.77. The summed E-state index contributed by atoms with van der Waals surface area (Å²) in [5.41, 5.74) is 7.80. The first-order chi connectivity index (χ1) is 10.9. The number of halogens is 2. The molecule has 0 aliphatic carbocycles. The van der Waals surface area contributed by atoms with Crippen LogP contribution in [-0.2, 0) is 0 Å². The third-order valence-corrected chi connectivity index (χ3v) is 4.45. The fourth-order valence-corrected chi connectivity index (χ4v) is 2.41. The Balaban J connectivity index is 2.05. The van der Waals surface area contributed by atoms with Crippen molar-refractivity contribution < 1.29 is 0 Å². The van der Waals surface area contributed by atoms with E-state index in [4.69, 9.17) is 35.4 Å². The third kappa shape index (κ3) is 4.67. The highest BCUT2D eigenvalue weighted by molar-refractivity contribution is 7.80. The highest BCUT2D eigenvalue weighted by atomic mass is 35.5. The van der Waals surface area contributed by atoms with Crippen molar-refractivity contribution in [1.82, 2.24) is 5.43 Å². The molecular formula is C17H17Cl2N3S. The summed E-state index contributed by atoms with van der Waals surface area (Å²) >= 11 is 17.2. The number of aryl methyl sites for hydroxylation is 1. The molecule has 0 heterocycles. The van der Waals surface area contributed by atoms with E-state index in [2.05, 4.69) is 28.8 Å². The Labute approximate surface area is 151 Å². The maximum atomic E-state index is 6.01. The van der Waals surface area contributed by atoms with Crippen LogP contribution in [-0.4, -0.2) is 10.8 Å². The predicted molar refractivity (Wildman–Crippen MR) is 104 cm³/mol. The summed E-state index contributed by atoms with van der Waals surface area (Å²) in [6, 6.07) is 11.4. The molecule has 23 heavy (non-hydrogen) atoms. The molecule has 0 aliphatic heterocycles. The van der Waals surface area contributed by atoms with Crippen molar-refractivity contribution in [2.45, 2.75) is 20.8 Å². The van der Waals surface area contributed by atoms with Gasteiger partial charge in [0.25, 0.3) is 0 Å². The number of benzene rings is 2. The standard InChI is InChI=1S/C17H17Cl2N3S/c1-10-5-4-6-16(11(10)2)20-17(23)22-21-12(3)13-7-8-14(18)15(19)9-13/h4-9H,1-3H3,(H2,20,22,23)/b21-12-. The van der Waals surface area contributed by atoms with Crippen LogP contribution in [0.25, 0.3) is 0 Å². The minimum atomic E-state index is 0.429. The first kappa shape index (κ1) is 17.7. The average Bonchev–Trinajstić information content (AvgIpc) is 2.52. The quantitative estimate of drug-likeness (QED) is 0.438. The molecule has 0 saturated carbocycles. The normalized spacial score (nSPS) is 11.3. The van der Waals surface area contributed by atoms with E-state index >= 15 is 0 Å². The second-order valence-corrected chi connectivity index (χ2v) is 6.36. The maximum absolute atomic E-state index is 6.01. The summed E-state index contributed by atoms with van der Waals surface area (Å²) in [6.45, 7) is 5.97. The lowest BCUT2D eigenvalue weighted by Crippen LogP contribution is -2.25. The van der Waals surface area contributed by atoms with E-state index in [1.807, 2.05) is 32.0 Å². The number of nitrogens with zero attached hydrogens (tertiary/aromatic N) is 1. The highest BCUT2D eigenvalue weighted by Gasteiger charge is 2.04. The van der Waals surface area contributed by atoms with Gasteiger partial charge < -0.3 is 5.32 Å². The van der Waals surface area contributed by atoms with Crippen molar-refractivity contribution in [1.29, 1.82) is 0 Å². The van der Waals surface area contributed by atoms with Crippen molar-refractivity contribution in [3.8, 4) is 0 Å². The monoisotopic (exact) mass is 365 g/mol. The van der Waals surface area contributed by atoms with E-state index in [1.165, 1.54) is 5.56 Å². The summed E-state index contributed by atoms with van der Waals surface area (Å²) in [5, 5.41) is 8.86. The van der Waals surface area contributed by atoms with E-state index in [-0.39, 0.29) is 0 Å². The van der Waals surface area contributed by atoms with Crippen LogP contribution in [0, 0.1) is 13.8 Å². The van der Waals surface area contributed by atoms with Gasteiger partial charge in [0.05, 0.1) is 15.8 Å². The van der Waals surface area contributed by atoms with Gasteiger partial charge in [0.1, 0.15) is 0 Å². The molecule has 0 aliphatic rings. The third-order valence-electron chi connectivity index (χ3n) is 3.52. The fourth-order valence-electron chi connectivity index (χ4n) is 1.96. The number of hydrazone groups is 1. The van der Waals surface area contributed by atoms with E-state index in [0.29, 0.717) is 15.2 Å². The average molecular weight is 366 g/mol. The molecule has 0 fully saturated rings. The number of nitrogens with one attached hydrogen (secondary N) is 2. The smallest absolute Gasteiger partial charge is 0.191 e. The molecule has 2 aromatic carbocycles. The van der Waals surface area contributed by atoms with Crippen molar-refractivity contribution in [2.24, 2.45) is 5.10 Å². The summed E-state index contributed by atoms with van der Waals surface area (Å²) < 4.78 is 0. The Hall–Kier alpha value is -1.62. The fraction of sp³-hybridized carbons (Fsp3) is 0.176. The maximum Gasteiger partial charge on any atom is 0.191 e. The molecule has 6 heteroatoms. The first-order valence-corrected chi connectivity index (χ1v) is 8.18. The molecule has 0 unspecified atom stereocenters. The Morgan fingerprint density at radius 2 is 1.83 bits per heavy atom. The Bertz CT molecular complexity index is 772. The van der Waals surface area contributed by atoms with Crippen LogP contribution < -0.4 is 10.7 Å². The summed E-state index contributed by atoms with van der Waals surface area (Å²) in [7, 11) is 0. The van der Waals surface area contributed by atoms with Gasteiger partial charge in [-0.3, -0.25) is 5.43 Å². The van der Waals surface area contributed by atoms with Gasteiger partial charge in [-0.1, -0.05) is 41.4 Å². The van der Waals surface area contributed by atoms with Gasteiger partial charge in [-0.05, 0) is 67.9 Å². The molecule has 2 aromatic rings. The van der Waals surface area contributed by atoms with Gasteiger partial charge in [-0.25, -0.2) is 0 Å². The zero-order chi connectivity index (χ0) is 17.0. The zero-order valence-electron chi connectivity index (χ0n) is 13.1. The van der Waals surface area contributed by atoms with Crippen LogP contribution in [0.3, 0.4) is 0 Å². The first-order valence-electron chi connectivity index (χ1n) is 7.01. The highest BCUT2D eigenvalue weighted by Crippen LogP contribution is 2.23. The molecule has 0 atom stereocenters. The van der Waals surface area contributed by atoms with Gasteiger partial charge >= 0.3 is 0 Å². The lowest BCUT2D eigenvalue weighted by atomic mass is 10.1. The number of anilines is 1. The molecule has 3 nitrogen and oxygen atoms in total. The van der Waals surface area contributed by atoms with E-state index in [1.54, 1.807) is 12.1 Å². The molecule has 2 rings (SSSR count). The molecular weight excluding hydrogens is 349 g/mol. The lowest BCUT2D eigenvalue weighted by Gasteiger charge is -2.12.